The molecule has 0 fully saturated rings. The predicted octanol–water partition coefficient (Wildman–Crippen LogP) is 0.325. The molecule has 1 aliphatic rings. The minimum absolute atomic E-state index is 0.259. The third-order valence-corrected chi connectivity index (χ3v) is 4.33. The van der Waals surface area contributed by atoms with Crippen LogP contribution in [0.1, 0.15) is 17.0 Å². The number of aromatic amines is 1. The molecule has 1 aliphatic heterocycles. The Hall–Kier alpha value is -1.93. The first kappa shape index (κ1) is 14.0. The Morgan fingerprint density at radius 2 is 2.29 bits per heavy atom. The highest BCUT2D eigenvalue weighted by molar-refractivity contribution is 7.90. The van der Waals surface area contributed by atoms with Gasteiger partial charge in [-0.05, 0) is 12.1 Å². The summed E-state index contributed by atoms with van der Waals surface area (Å²) in [7, 11) is -3.51. The largest absolute Gasteiger partial charge is 0.468 e. The Morgan fingerprint density at radius 1 is 1.48 bits per heavy atom. The summed E-state index contributed by atoms with van der Waals surface area (Å²) in [6.45, 7) is 1.75. The van der Waals surface area contributed by atoms with Gasteiger partial charge in [0, 0.05) is 25.8 Å². The van der Waals surface area contributed by atoms with Crippen molar-refractivity contribution >= 4 is 9.84 Å². The number of H-pyrrole nitrogens is 1. The van der Waals surface area contributed by atoms with Gasteiger partial charge >= 0.3 is 0 Å². The summed E-state index contributed by atoms with van der Waals surface area (Å²) in [5, 5.41) is -0.259. The Balaban J connectivity index is 1.88. The number of hydrogen-bond donors (Lipinski definition) is 1. The van der Waals surface area contributed by atoms with Crippen molar-refractivity contribution in [2.45, 2.75) is 24.7 Å². The van der Waals surface area contributed by atoms with Crippen molar-refractivity contribution in [3.8, 4) is 0 Å². The van der Waals surface area contributed by atoms with Gasteiger partial charge in [-0.25, -0.2) is 13.4 Å². The lowest BCUT2D eigenvalue weighted by molar-refractivity contribution is 0.222. The summed E-state index contributed by atoms with van der Waals surface area (Å²) in [6.07, 6.45) is 3.19. The molecule has 0 bridgehead atoms. The molecule has 0 aliphatic carbocycles. The molecule has 0 unspecified atom stereocenters. The fraction of sp³-hybridized carbons (Fsp3) is 0.385. The van der Waals surface area contributed by atoms with Crippen molar-refractivity contribution < 1.29 is 12.8 Å². The van der Waals surface area contributed by atoms with Crippen LogP contribution >= 0.6 is 0 Å². The molecule has 1 N–H and O–H groups in total. The van der Waals surface area contributed by atoms with Gasteiger partial charge < -0.3 is 4.42 Å². The van der Waals surface area contributed by atoms with Gasteiger partial charge in [0.2, 0.25) is 15.0 Å². The number of aromatic nitrogens is 2. The van der Waals surface area contributed by atoms with Crippen molar-refractivity contribution in [2.24, 2.45) is 0 Å². The molecule has 112 valence electrons. The smallest absolute Gasteiger partial charge is 0.256 e. The molecule has 0 amide bonds. The second kappa shape index (κ2) is 5.12. The van der Waals surface area contributed by atoms with Crippen LogP contribution in [0.4, 0.5) is 0 Å². The summed E-state index contributed by atoms with van der Waals surface area (Å²) in [5.74, 6) is 0.829. The van der Waals surface area contributed by atoms with E-state index in [-0.39, 0.29) is 10.7 Å². The molecule has 8 heteroatoms. The maximum absolute atomic E-state index is 12.1. The first-order valence-electron chi connectivity index (χ1n) is 6.50. The number of fused-ring (bicyclic) bond motifs is 1. The minimum Gasteiger partial charge on any atom is -0.468 e. The number of rotatable bonds is 3. The van der Waals surface area contributed by atoms with Crippen LogP contribution < -0.4 is 5.56 Å². The van der Waals surface area contributed by atoms with E-state index in [2.05, 4.69) is 14.9 Å². The molecule has 0 radical (unpaired) electrons. The molecule has 2 aromatic heterocycles. The van der Waals surface area contributed by atoms with Gasteiger partial charge in [-0.3, -0.25) is 14.7 Å². The van der Waals surface area contributed by atoms with Gasteiger partial charge in [-0.1, -0.05) is 0 Å². The van der Waals surface area contributed by atoms with Gasteiger partial charge in [0.1, 0.15) is 5.76 Å². The van der Waals surface area contributed by atoms with Crippen LogP contribution in [0.25, 0.3) is 0 Å². The quantitative estimate of drug-likeness (QED) is 0.821. The van der Waals surface area contributed by atoms with E-state index in [0.717, 1.165) is 12.0 Å². The van der Waals surface area contributed by atoms with E-state index in [0.29, 0.717) is 37.3 Å². The molecular formula is C13H15N3O4S. The number of nitrogens with one attached hydrogen (secondary N) is 1. The van der Waals surface area contributed by atoms with E-state index in [1.165, 1.54) is 0 Å². The highest BCUT2D eigenvalue weighted by Crippen LogP contribution is 2.17. The van der Waals surface area contributed by atoms with E-state index in [4.69, 9.17) is 4.42 Å². The number of hydrogen-bond acceptors (Lipinski definition) is 6. The molecule has 3 heterocycles. The van der Waals surface area contributed by atoms with Gasteiger partial charge in [-0.2, -0.15) is 0 Å². The molecule has 0 spiro atoms. The highest BCUT2D eigenvalue weighted by Gasteiger charge is 2.23. The molecule has 21 heavy (non-hydrogen) atoms. The maximum Gasteiger partial charge on any atom is 0.256 e. The highest BCUT2D eigenvalue weighted by atomic mass is 32.2. The molecule has 0 saturated heterocycles. The third-order valence-electron chi connectivity index (χ3n) is 3.44. The molecule has 0 aromatic carbocycles. The number of sulfone groups is 1. The SMILES string of the molecule is CS(=O)(=O)c1nc2c(c(=O)[nH]1)CN(Cc1ccco1)CC2. The van der Waals surface area contributed by atoms with Gasteiger partial charge in [0.25, 0.3) is 5.56 Å². The van der Waals surface area contributed by atoms with E-state index < -0.39 is 9.84 Å². The normalized spacial score (nSPS) is 15.9. The van der Waals surface area contributed by atoms with Crippen molar-refractivity contribution in [3.63, 3.8) is 0 Å². The lowest BCUT2D eigenvalue weighted by Crippen LogP contribution is -2.36. The minimum atomic E-state index is -3.51. The van der Waals surface area contributed by atoms with E-state index in [1.807, 2.05) is 12.1 Å². The lowest BCUT2D eigenvalue weighted by atomic mass is 10.1. The van der Waals surface area contributed by atoms with Crippen LogP contribution in [0.2, 0.25) is 0 Å². The van der Waals surface area contributed by atoms with Gasteiger partial charge in [0.15, 0.2) is 0 Å². The van der Waals surface area contributed by atoms with Crippen molar-refractivity contribution in [1.82, 2.24) is 14.9 Å². The van der Waals surface area contributed by atoms with Gasteiger partial charge in [-0.15, -0.1) is 0 Å². The zero-order valence-corrected chi connectivity index (χ0v) is 12.3. The van der Waals surface area contributed by atoms with Crippen LogP contribution in [-0.2, 0) is 29.3 Å². The Labute approximate surface area is 121 Å². The zero-order valence-electron chi connectivity index (χ0n) is 11.5. The van der Waals surface area contributed by atoms with Crippen LogP contribution in [0.5, 0.6) is 0 Å². The summed E-state index contributed by atoms with van der Waals surface area (Å²) < 4.78 is 28.3. The standard InChI is InChI=1S/C13H15N3O4S/c1-21(18,19)13-14-11-4-5-16(7-9-3-2-6-20-9)8-10(11)12(17)15-13/h2-3,6H,4-5,7-8H2,1H3,(H,14,15,17). The topological polar surface area (TPSA) is 96.3 Å². The number of nitrogens with zero attached hydrogens (tertiary/aromatic N) is 2. The monoisotopic (exact) mass is 309 g/mol. The molecule has 0 saturated carbocycles. The Kier molecular flexibility index (Phi) is 3.42. The van der Waals surface area contributed by atoms with E-state index >= 15 is 0 Å². The van der Waals surface area contributed by atoms with Crippen molar-refractivity contribution in [1.29, 1.82) is 0 Å². The first-order chi connectivity index (χ1) is 9.93. The summed E-state index contributed by atoms with van der Waals surface area (Å²) in [4.78, 5) is 20.6. The lowest BCUT2D eigenvalue weighted by Gasteiger charge is -2.26. The van der Waals surface area contributed by atoms with Crippen LogP contribution in [0, 0.1) is 0 Å². The predicted molar refractivity (Wildman–Crippen MR) is 74.5 cm³/mol. The first-order valence-corrected chi connectivity index (χ1v) is 8.39. The van der Waals surface area contributed by atoms with Crippen LogP contribution in [0.3, 0.4) is 0 Å². The molecule has 3 rings (SSSR count). The van der Waals surface area contributed by atoms with Crippen LogP contribution in [0.15, 0.2) is 32.8 Å². The molecule has 0 atom stereocenters. The summed E-state index contributed by atoms with van der Waals surface area (Å²) >= 11 is 0. The average molecular weight is 309 g/mol. The molecule has 7 nitrogen and oxygen atoms in total. The van der Waals surface area contributed by atoms with E-state index in [9.17, 15) is 13.2 Å². The average Bonchev–Trinajstić information content (AvgIpc) is 2.91. The summed E-state index contributed by atoms with van der Waals surface area (Å²) in [5.41, 5.74) is 0.708. The Bertz CT molecular complexity index is 808. The zero-order chi connectivity index (χ0) is 15.0. The maximum atomic E-state index is 12.1. The second-order valence-electron chi connectivity index (χ2n) is 5.11. The van der Waals surface area contributed by atoms with Crippen molar-refractivity contribution in [3.05, 3.63) is 45.8 Å². The fourth-order valence-corrected chi connectivity index (χ4v) is 2.95. The second-order valence-corrected chi connectivity index (χ2v) is 7.04. The summed E-state index contributed by atoms with van der Waals surface area (Å²) in [6, 6.07) is 3.70. The fourth-order valence-electron chi connectivity index (χ4n) is 2.39. The number of furan rings is 1. The van der Waals surface area contributed by atoms with Gasteiger partial charge in [0.05, 0.1) is 24.1 Å². The molecular weight excluding hydrogens is 294 g/mol. The molecule has 2 aromatic rings. The third kappa shape index (κ3) is 2.91. The Morgan fingerprint density at radius 3 is 2.95 bits per heavy atom. The van der Waals surface area contributed by atoms with Crippen LogP contribution in [-0.4, -0.2) is 36.1 Å². The van der Waals surface area contributed by atoms with E-state index in [1.54, 1.807) is 6.26 Å². The van der Waals surface area contributed by atoms with Crippen molar-refractivity contribution in [2.75, 3.05) is 12.8 Å².